The van der Waals surface area contributed by atoms with Gasteiger partial charge in [0.25, 0.3) is 0 Å². The predicted octanol–water partition coefficient (Wildman–Crippen LogP) is 3.68. The van der Waals surface area contributed by atoms with E-state index in [1.807, 2.05) is 0 Å². The third-order valence-corrected chi connectivity index (χ3v) is 4.34. The van der Waals surface area contributed by atoms with Gasteiger partial charge < -0.3 is 5.73 Å². The van der Waals surface area contributed by atoms with Gasteiger partial charge in [-0.25, -0.2) is 0 Å². The van der Waals surface area contributed by atoms with Gasteiger partial charge in [0.2, 0.25) is 0 Å². The molecule has 0 aliphatic heterocycles. The second-order valence-electron chi connectivity index (χ2n) is 4.77. The van der Waals surface area contributed by atoms with Gasteiger partial charge in [-0.1, -0.05) is 18.2 Å². The number of rotatable bonds is 2. The molecule has 1 nitrogen and oxygen atoms in total. The minimum absolute atomic E-state index is 0.0356. The fraction of sp³-hybridized carbons (Fsp3) is 0.333. The Morgan fingerprint density at radius 1 is 1.00 bits per heavy atom. The Morgan fingerprint density at radius 2 is 1.82 bits per heavy atom. The average Bonchev–Trinajstić information content (AvgIpc) is 2.91. The molecular weight excluding hydrogens is 226 g/mol. The molecule has 1 aromatic carbocycles. The molecule has 0 amide bonds. The Labute approximate surface area is 106 Å². The van der Waals surface area contributed by atoms with Crippen LogP contribution in [0.15, 0.2) is 35.0 Å². The molecule has 3 rings (SSSR count). The van der Waals surface area contributed by atoms with Crippen molar-refractivity contribution in [2.75, 3.05) is 0 Å². The van der Waals surface area contributed by atoms with E-state index in [0.717, 1.165) is 0 Å². The number of fused-ring (bicyclic) bond motifs is 1. The summed E-state index contributed by atoms with van der Waals surface area (Å²) in [6, 6.07) is 8.95. The highest BCUT2D eigenvalue weighted by Crippen LogP contribution is 2.27. The fourth-order valence-electron chi connectivity index (χ4n) is 2.59. The molecule has 0 fully saturated rings. The minimum atomic E-state index is 0.0356. The van der Waals surface area contributed by atoms with Crippen LogP contribution in [0.2, 0.25) is 0 Å². The Bertz CT molecular complexity index is 502. The van der Waals surface area contributed by atoms with Gasteiger partial charge in [0, 0.05) is 0 Å². The third kappa shape index (κ3) is 2.15. The topological polar surface area (TPSA) is 26.0 Å². The van der Waals surface area contributed by atoms with Crippen molar-refractivity contribution in [3.05, 3.63) is 57.3 Å². The van der Waals surface area contributed by atoms with Gasteiger partial charge in [0.05, 0.1) is 6.04 Å². The van der Waals surface area contributed by atoms with E-state index in [-0.39, 0.29) is 6.04 Å². The molecule has 1 unspecified atom stereocenters. The summed E-state index contributed by atoms with van der Waals surface area (Å²) in [6.07, 6.45) is 5.12. The fourth-order valence-corrected chi connectivity index (χ4v) is 3.29. The normalized spacial score (nSPS) is 16.5. The highest BCUT2D eigenvalue weighted by atomic mass is 32.1. The molecule has 0 radical (unpaired) electrons. The van der Waals surface area contributed by atoms with Crippen LogP contribution < -0.4 is 5.73 Å². The lowest BCUT2D eigenvalue weighted by atomic mass is 9.88. The SMILES string of the molecule is NC(c1ccsc1)c1ccc2c(c1)CCCC2. The minimum Gasteiger partial charge on any atom is -0.320 e. The average molecular weight is 243 g/mol. The number of hydrogen-bond acceptors (Lipinski definition) is 2. The van der Waals surface area contributed by atoms with E-state index >= 15 is 0 Å². The standard InChI is InChI=1S/C15H17NS/c16-15(14-7-8-17-10-14)13-6-5-11-3-1-2-4-12(11)9-13/h5-10,15H,1-4,16H2. The highest BCUT2D eigenvalue weighted by Gasteiger charge is 2.13. The van der Waals surface area contributed by atoms with Crippen molar-refractivity contribution < 1.29 is 0 Å². The molecule has 1 aliphatic rings. The van der Waals surface area contributed by atoms with Gasteiger partial charge in [-0.3, -0.25) is 0 Å². The lowest BCUT2D eigenvalue weighted by Crippen LogP contribution is -2.12. The summed E-state index contributed by atoms with van der Waals surface area (Å²) in [5.74, 6) is 0. The van der Waals surface area contributed by atoms with Gasteiger partial charge in [-0.15, -0.1) is 0 Å². The largest absolute Gasteiger partial charge is 0.320 e. The highest BCUT2D eigenvalue weighted by molar-refractivity contribution is 7.08. The molecule has 0 saturated heterocycles. The summed E-state index contributed by atoms with van der Waals surface area (Å²) >= 11 is 1.71. The summed E-state index contributed by atoms with van der Waals surface area (Å²) in [6.45, 7) is 0. The van der Waals surface area contributed by atoms with E-state index in [9.17, 15) is 0 Å². The summed E-state index contributed by atoms with van der Waals surface area (Å²) in [4.78, 5) is 0. The molecule has 1 aromatic heterocycles. The maximum Gasteiger partial charge on any atom is 0.0559 e. The molecule has 1 aliphatic carbocycles. The number of hydrogen-bond donors (Lipinski definition) is 1. The van der Waals surface area contributed by atoms with Crippen LogP contribution in [0.4, 0.5) is 0 Å². The number of nitrogens with two attached hydrogens (primary N) is 1. The molecule has 0 spiro atoms. The Balaban J connectivity index is 1.93. The van der Waals surface area contributed by atoms with E-state index in [4.69, 9.17) is 5.73 Å². The van der Waals surface area contributed by atoms with Crippen LogP contribution in [0, 0.1) is 0 Å². The van der Waals surface area contributed by atoms with Crippen LogP contribution in [0.3, 0.4) is 0 Å². The van der Waals surface area contributed by atoms with Crippen molar-refractivity contribution in [1.29, 1.82) is 0 Å². The number of aryl methyl sites for hydroxylation is 2. The van der Waals surface area contributed by atoms with Gasteiger partial charge in [-0.05, 0) is 64.8 Å². The second kappa shape index (κ2) is 4.63. The molecule has 17 heavy (non-hydrogen) atoms. The first kappa shape index (κ1) is 11.0. The first-order valence-electron chi connectivity index (χ1n) is 6.24. The van der Waals surface area contributed by atoms with Crippen LogP contribution in [-0.2, 0) is 12.8 Å². The lowest BCUT2D eigenvalue weighted by Gasteiger charge is -2.18. The quantitative estimate of drug-likeness (QED) is 0.855. The van der Waals surface area contributed by atoms with Gasteiger partial charge in [-0.2, -0.15) is 11.3 Å². The van der Waals surface area contributed by atoms with Crippen molar-refractivity contribution in [3.8, 4) is 0 Å². The molecule has 1 heterocycles. The van der Waals surface area contributed by atoms with E-state index < -0.39 is 0 Å². The zero-order valence-corrected chi connectivity index (χ0v) is 10.7. The predicted molar refractivity (Wildman–Crippen MR) is 73.4 cm³/mol. The van der Waals surface area contributed by atoms with Crippen molar-refractivity contribution in [2.45, 2.75) is 31.7 Å². The van der Waals surface area contributed by atoms with E-state index in [1.54, 1.807) is 11.3 Å². The molecule has 0 bridgehead atoms. The van der Waals surface area contributed by atoms with Crippen molar-refractivity contribution in [2.24, 2.45) is 5.73 Å². The zero-order valence-electron chi connectivity index (χ0n) is 9.86. The molecule has 2 aromatic rings. The molecule has 88 valence electrons. The van der Waals surface area contributed by atoms with E-state index in [2.05, 4.69) is 35.0 Å². The van der Waals surface area contributed by atoms with Gasteiger partial charge >= 0.3 is 0 Å². The van der Waals surface area contributed by atoms with Crippen LogP contribution >= 0.6 is 11.3 Å². The van der Waals surface area contributed by atoms with Crippen molar-refractivity contribution in [1.82, 2.24) is 0 Å². The number of thiophene rings is 1. The molecule has 1 atom stereocenters. The molecule has 2 heteroatoms. The van der Waals surface area contributed by atoms with Crippen LogP contribution in [0.25, 0.3) is 0 Å². The first-order chi connectivity index (χ1) is 8.34. The van der Waals surface area contributed by atoms with Crippen LogP contribution in [0.5, 0.6) is 0 Å². The Hall–Kier alpha value is -1.12. The Morgan fingerprint density at radius 3 is 2.59 bits per heavy atom. The van der Waals surface area contributed by atoms with Crippen molar-refractivity contribution >= 4 is 11.3 Å². The van der Waals surface area contributed by atoms with E-state index in [0.29, 0.717) is 0 Å². The summed E-state index contributed by atoms with van der Waals surface area (Å²) in [5, 5.41) is 4.23. The molecular formula is C15H17NS. The Kier molecular flexibility index (Phi) is 3.00. The smallest absolute Gasteiger partial charge is 0.0559 e. The first-order valence-corrected chi connectivity index (χ1v) is 7.18. The second-order valence-corrected chi connectivity index (χ2v) is 5.55. The van der Waals surface area contributed by atoms with Crippen LogP contribution in [0.1, 0.15) is 41.1 Å². The van der Waals surface area contributed by atoms with E-state index in [1.165, 1.54) is 47.9 Å². The molecule has 2 N–H and O–H groups in total. The maximum absolute atomic E-state index is 6.30. The maximum atomic E-state index is 6.30. The van der Waals surface area contributed by atoms with Crippen LogP contribution in [-0.4, -0.2) is 0 Å². The third-order valence-electron chi connectivity index (χ3n) is 3.63. The molecule has 0 saturated carbocycles. The number of benzene rings is 1. The van der Waals surface area contributed by atoms with Crippen molar-refractivity contribution in [3.63, 3.8) is 0 Å². The summed E-state index contributed by atoms with van der Waals surface area (Å²) < 4.78 is 0. The summed E-state index contributed by atoms with van der Waals surface area (Å²) in [5.41, 5.74) is 11.8. The van der Waals surface area contributed by atoms with Gasteiger partial charge in [0.1, 0.15) is 0 Å². The lowest BCUT2D eigenvalue weighted by molar-refractivity contribution is 0.683. The van der Waals surface area contributed by atoms with Gasteiger partial charge in [0.15, 0.2) is 0 Å². The monoisotopic (exact) mass is 243 g/mol. The summed E-state index contributed by atoms with van der Waals surface area (Å²) in [7, 11) is 0. The zero-order chi connectivity index (χ0) is 11.7.